The molecule has 0 amide bonds. The molecule has 3 aliphatic rings. The van der Waals surface area contributed by atoms with E-state index in [1.54, 1.807) is 0 Å². The zero-order valence-corrected chi connectivity index (χ0v) is 28.7. The molecule has 1 unspecified atom stereocenters. The van der Waals surface area contributed by atoms with E-state index in [1.807, 2.05) is 12.1 Å². The maximum atomic E-state index is 16.5. The van der Waals surface area contributed by atoms with Gasteiger partial charge in [0.05, 0.1) is 28.1 Å². The second-order valence-electron chi connectivity index (χ2n) is 12.8. The lowest BCUT2D eigenvalue weighted by Crippen LogP contribution is -2.50. The van der Waals surface area contributed by atoms with Crippen molar-refractivity contribution in [3.05, 3.63) is 169 Å². The zero-order valence-electron chi connectivity index (χ0n) is 26.8. The van der Waals surface area contributed by atoms with Gasteiger partial charge in [0, 0.05) is 39.0 Å². The summed E-state index contributed by atoms with van der Waals surface area (Å²) in [7, 11) is -2.84. The molecule has 10 rings (SSSR count). The van der Waals surface area contributed by atoms with Gasteiger partial charge in [-0.25, -0.2) is 0 Å². The lowest BCUT2D eigenvalue weighted by atomic mass is 10.1. The summed E-state index contributed by atoms with van der Waals surface area (Å²) in [6, 6.07) is 57.6. The first-order valence-electron chi connectivity index (χ1n) is 16.6. The van der Waals surface area contributed by atoms with Gasteiger partial charge < -0.3 is 19.3 Å². The first kappa shape index (κ1) is 28.4. The van der Waals surface area contributed by atoms with E-state index >= 15 is 4.57 Å². The molecule has 0 N–H and O–H groups in total. The normalized spacial score (nSPS) is 16.3. The van der Waals surface area contributed by atoms with Gasteiger partial charge in [-0.3, -0.25) is 0 Å². The summed E-state index contributed by atoms with van der Waals surface area (Å²) in [4.78, 5) is 7.01. The second-order valence-corrected chi connectivity index (χ2v) is 16.7. The van der Waals surface area contributed by atoms with Crippen LogP contribution in [0.1, 0.15) is 5.56 Å². The quantitative estimate of drug-likeness (QED) is 0.139. The molecule has 0 saturated heterocycles. The van der Waals surface area contributed by atoms with Crippen molar-refractivity contribution in [2.24, 2.45) is 0 Å². The Morgan fingerprint density at radius 3 is 1.84 bits per heavy atom. The van der Waals surface area contributed by atoms with Crippen LogP contribution in [-0.4, -0.2) is 9.52 Å². The van der Waals surface area contributed by atoms with Gasteiger partial charge in [0.1, 0.15) is 9.52 Å². The molecule has 2 radical (unpaired) electrons. The highest BCUT2D eigenvalue weighted by molar-refractivity contribution is 7.86. The molecule has 0 spiro atoms. The van der Waals surface area contributed by atoms with Gasteiger partial charge >= 0.3 is 0 Å². The van der Waals surface area contributed by atoms with Gasteiger partial charge in [0.15, 0.2) is 7.14 Å². The number of nitrogens with zero attached hydrogens (tertiary/aromatic N) is 3. The Labute approximate surface area is 288 Å². The van der Waals surface area contributed by atoms with Crippen molar-refractivity contribution in [2.75, 3.05) is 14.7 Å². The summed E-state index contributed by atoms with van der Waals surface area (Å²) in [6.45, 7) is 2.16. The van der Waals surface area contributed by atoms with Crippen molar-refractivity contribution < 1.29 is 4.57 Å². The van der Waals surface area contributed by atoms with E-state index in [1.165, 1.54) is 16.1 Å². The van der Waals surface area contributed by atoms with Crippen LogP contribution in [0.5, 0.6) is 0 Å². The Bertz CT molecular complexity index is 2450. The summed E-state index contributed by atoms with van der Waals surface area (Å²) < 4.78 is 16.5. The van der Waals surface area contributed by atoms with E-state index < -0.39 is 7.14 Å². The van der Waals surface area contributed by atoms with E-state index in [4.69, 9.17) is 0 Å². The van der Waals surface area contributed by atoms with Crippen molar-refractivity contribution in [2.45, 2.75) is 6.92 Å². The summed E-state index contributed by atoms with van der Waals surface area (Å²) in [5.41, 5.74) is 10.5. The van der Waals surface area contributed by atoms with E-state index in [0.717, 1.165) is 67.0 Å². The molecule has 3 heterocycles. The number of fused-ring (bicyclic) bond motifs is 6. The van der Waals surface area contributed by atoms with Gasteiger partial charge in [-0.2, -0.15) is 0 Å². The number of para-hydroxylation sites is 5. The molecular formula is C43H30N3OPSi. The lowest BCUT2D eigenvalue weighted by molar-refractivity contribution is 0.592. The molecule has 49 heavy (non-hydrogen) atoms. The molecule has 7 aromatic rings. The number of benzene rings is 7. The summed E-state index contributed by atoms with van der Waals surface area (Å²) >= 11 is 0. The highest BCUT2D eigenvalue weighted by Crippen LogP contribution is 2.61. The number of aryl methyl sites for hydroxylation is 1. The van der Waals surface area contributed by atoms with Crippen molar-refractivity contribution in [1.29, 1.82) is 0 Å². The van der Waals surface area contributed by atoms with E-state index in [-0.39, 0.29) is 0 Å². The monoisotopic (exact) mass is 663 g/mol. The number of hydrogen-bond donors (Lipinski definition) is 0. The SMILES string of the molecule is Cc1cc2c3c(c1)N1c4ccccc4[Si]c4cccc(c41)P3(=O)c1ccc(N(c3ccccc3)c3ccccc3)cc1N2c1ccccc1. The van der Waals surface area contributed by atoms with Crippen molar-refractivity contribution in [3.63, 3.8) is 0 Å². The minimum atomic E-state index is -3.34. The van der Waals surface area contributed by atoms with Crippen LogP contribution in [0, 0.1) is 6.92 Å². The molecule has 3 aliphatic heterocycles. The van der Waals surface area contributed by atoms with E-state index in [2.05, 4.69) is 173 Å². The van der Waals surface area contributed by atoms with Crippen molar-refractivity contribution in [1.82, 2.24) is 0 Å². The Hall–Kier alpha value is -5.61. The van der Waals surface area contributed by atoms with Crippen LogP contribution in [0.2, 0.25) is 0 Å². The van der Waals surface area contributed by atoms with Gasteiger partial charge in [0.2, 0.25) is 0 Å². The minimum absolute atomic E-state index is 0.498. The molecule has 1 atom stereocenters. The lowest BCUT2D eigenvalue weighted by Gasteiger charge is -2.47. The van der Waals surface area contributed by atoms with Gasteiger partial charge in [-0.1, -0.05) is 84.9 Å². The molecule has 6 heteroatoms. The molecule has 7 aromatic carbocycles. The highest BCUT2D eigenvalue weighted by Gasteiger charge is 2.50. The predicted octanol–water partition coefficient (Wildman–Crippen LogP) is 8.64. The third kappa shape index (κ3) is 4.07. The van der Waals surface area contributed by atoms with Crippen LogP contribution in [-0.2, 0) is 4.57 Å². The summed E-state index contributed by atoms with van der Waals surface area (Å²) in [5, 5.41) is 5.25. The Morgan fingerprint density at radius 1 is 0.510 bits per heavy atom. The van der Waals surface area contributed by atoms with Gasteiger partial charge in [0.25, 0.3) is 0 Å². The molecular weight excluding hydrogens is 634 g/mol. The maximum Gasteiger partial charge on any atom is 0.179 e. The summed E-state index contributed by atoms with van der Waals surface area (Å²) in [6.07, 6.45) is 0. The second kappa shape index (κ2) is 10.7. The molecule has 0 bridgehead atoms. The first-order valence-corrected chi connectivity index (χ1v) is 19.3. The zero-order chi connectivity index (χ0) is 32.7. The summed E-state index contributed by atoms with van der Waals surface area (Å²) in [5.74, 6) is 0. The van der Waals surface area contributed by atoms with Crippen LogP contribution in [0.4, 0.5) is 51.2 Å². The van der Waals surface area contributed by atoms with Crippen LogP contribution >= 0.6 is 7.14 Å². The number of rotatable bonds is 4. The smallest absolute Gasteiger partial charge is 0.179 e. The Morgan fingerprint density at radius 2 is 1.12 bits per heavy atom. The fourth-order valence-corrected chi connectivity index (χ4v) is 12.6. The van der Waals surface area contributed by atoms with Gasteiger partial charge in [-0.15, -0.1) is 0 Å². The van der Waals surface area contributed by atoms with Crippen LogP contribution < -0.4 is 41.0 Å². The Kier molecular flexibility index (Phi) is 6.20. The standard InChI is InChI=1S/C43H30N3OPSi/c1-29-26-36-43-37(27-29)46-34-20-11-12-22-40(34)49-41-23-13-21-39(42(41)46)48(43,47)38-25-24-33(28-35(38)45(36)32-18-9-4-10-19-32)44(30-14-5-2-6-15-30)31-16-7-3-8-17-31/h2-28H,1H3. The van der Waals surface area contributed by atoms with E-state index in [9.17, 15) is 0 Å². The maximum absolute atomic E-state index is 16.5. The van der Waals surface area contributed by atoms with Crippen LogP contribution in [0.15, 0.2) is 164 Å². The fourth-order valence-electron chi connectivity index (χ4n) is 7.87. The third-order valence-corrected chi connectivity index (χ3v) is 14.4. The van der Waals surface area contributed by atoms with Crippen LogP contribution in [0.3, 0.4) is 0 Å². The molecule has 0 aromatic heterocycles. The molecule has 0 aliphatic carbocycles. The van der Waals surface area contributed by atoms with Crippen LogP contribution in [0.25, 0.3) is 0 Å². The predicted molar refractivity (Wildman–Crippen MR) is 207 cm³/mol. The van der Waals surface area contributed by atoms with Crippen molar-refractivity contribution >= 4 is 94.1 Å². The average molecular weight is 664 g/mol. The average Bonchev–Trinajstić information content (AvgIpc) is 3.14. The molecule has 0 fully saturated rings. The number of anilines is 9. The largest absolute Gasteiger partial charge is 0.310 e. The number of hydrogen-bond acceptors (Lipinski definition) is 4. The molecule has 4 nitrogen and oxygen atoms in total. The fraction of sp³-hybridized carbons (Fsp3) is 0.0233. The highest BCUT2D eigenvalue weighted by atomic mass is 31.2. The molecule has 232 valence electrons. The van der Waals surface area contributed by atoms with Crippen molar-refractivity contribution in [3.8, 4) is 0 Å². The third-order valence-electron chi connectivity index (χ3n) is 9.84. The molecule has 0 saturated carbocycles. The first-order chi connectivity index (χ1) is 24.1. The topological polar surface area (TPSA) is 26.8 Å². The van der Waals surface area contributed by atoms with Gasteiger partial charge in [-0.05, 0) is 102 Å². The van der Waals surface area contributed by atoms with E-state index in [0.29, 0.717) is 9.52 Å². The Balaban J connectivity index is 1.30. The minimum Gasteiger partial charge on any atom is -0.310 e.